The van der Waals surface area contributed by atoms with Crippen molar-refractivity contribution in [2.45, 2.75) is 25.2 Å². The normalized spacial score (nSPS) is 17.9. The number of aromatic nitrogens is 2. The maximum absolute atomic E-state index is 12.2. The molecule has 1 N–H and O–H groups in total. The molecule has 1 aliphatic rings. The number of benzene rings is 1. The molecule has 1 aromatic carbocycles. The van der Waals surface area contributed by atoms with Crippen LogP contribution >= 0.6 is 11.6 Å². The highest BCUT2D eigenvalue weighted by Crippen LogP contribution is 2.28. The first-order valence-electron chi connectivity index (χ1n) is 8.19. The zero-order valence-corrected chi connectivity index (χ0v) is 14.4. The summed E-state index contributed by atoms with van der Waals surface area (Å²) in [6, 6.07) is 7.34. The largest absolute Gasteiger partial charge is 0.342 e. The zero-order valence-electron chi connectivity index (χ0n) is 13.7. The standard InChI is InChI=1S/C17H21ClN4O2/c1-19-9-8-15(23)22-10-2-3-13(11-22)17-20-16(21-24-17)12-4-6-14(18)7-5-12/h4-7,13,19H,2-3,8-11H2,1H3. The second-order valence-electron chi connectivity index (χ2n) is 6.00. The van der Waals surface area contributed by atoms with E-state index in [1.807, 2.05) is 24.1 Å². The van der Waals surface area contributed by atoms with E-state index in [4.69, 9.17) is 16.1 Å². The Balaban J connectivity index is 1.68. The first-order valence-corrected chi connectivity index (χ1v) is 8.57. The molecule has 0 bridgehead atoms. The molecule has 1 aliphatic heterocycles. The van der Waals surface area contributed by atoms with Gasteiger partial charge in [0.2, 0.25) is 17.6 Å². The van der Waals surface area contributed by atoms with Crippen LogP contribution in [0.4, 0.5) is 0 Å². The van der Waals surface area contributed by atoms with E-state index in [1.54, 1.807) is 12.1 Å². The van der Waals surface area contributed by atoms with Gasteiger partial charge in [0.1, 0.15) is 0 Å². The highest BCUT2D eigenvalue weighted by molar-refractivity contribution is 6.30. The van der Waals surface area contributed by atoms with Gasteiger partial charge in [0.25, 0.3) is 0 Å². The summed E-state index contributed by atoms with van der Waals surface area (Å²) in [4.78, 5) is 18.6. The summed E-state index contributed by atoms with van der Waals surface area (Å²) >= 11 is 5.90. The number of carbonyl (C=O) groups excluding carboxylic acids is 1. The number of halogens is 1. The minimum absolute atomic E-state index is 0.103. The Labute approximate surface area is 146 Å². The fraction of sp³-hybridized carbons (Fsp3) is 0.471. The number of nitrogens with zero attached hydrogens (tertiary/aromatic N) is 3. The van der Waals surface area contributed by atoms with Crippen LogP contribution in [0.2, 0.25) is 5.02 Å². The molecule has 1 atom stereocenters. The third kappa shape index (κ3) is 3.94. The lowest BCUT2D eigenvalue weighted by molar-refractivity contribution is -0.132. The average molecular weight is 349 g/mol. The Bertz CT molecular complexity index is 686. The van der Waals surface area contributed by atoms with Gasteiger partial charge in [-0.3, -0.25) is 4.79 Å². The van der Waals surface area contributed by atoms with Crippen molar-refractivity contribution in [1.82, 2.24) is 20.4 Å². The molecular formula is C17H21ClN4O2. The number of likely N-dealkylation sites (tertiary alicyclic amines) is 1. The van der Waals surface area contributed by atoms with Crippen LogP contribution in [0, 0.1) is 0 Å². The molecule has 3 rings (SSSR count). The van der Waals surface area contributed by atoms with Gasteiger partial charge >= 0.3 is 0 Å². The van der Waals surface area contributed by atoms with Crippen molar-refractivity contribution < 1.29 is 9.32 Å². The number of hydrogen-bond acceptors (Lipinski definition) is 5. The van der Waals surface area contributed by atoms with Gasteiger partial charge in [-0.15, -0.1) is 0 Å². The van der Waals surface area contributed by atoms with Crippen LogP contribution in [-0.2, 0) is 4.79 Å². The highest BCUT2D eigenvalue weighted by Gasteiger charge is 2.28. The van der Waals surface area contributed by atoms with Crippen molar-refractivity contribution in [3.05, 3.63) is 35.2 Å². The van der Waals surface area contributed by atoms with E-state index in [0.717, 1.165) is 24.9 Å². The van der Waals surface area contributed by atoms with Crippen LogP contribution in [0.1, 0.15) is 31.1 Å². The van der Waals surface area contributed by atoms with E-state index in [1.165, 1.54) is 0 Å². The van der Waals surface area contributed by atoms with Gasteiger partial charge in [-0.2, -0.15) is 4.98 Å². The first-order chi connectivity index (χ1) is 11.7. The van der Waals surface area contributed by atoms with Gasteiger partial charge in [-0.1, -0.05) is 16.8 Å². The van der Waals surface area contributed by atoms with Gasteiger partial charge < -0.3 is 14.7 Å². The third-order valence-corrected chi connectivity index (χ3v) is 4.51. The van der Waals surface area contributed by atoms with Gasteiger partial charge in [0, 0.05) is 36.6 Å². The van der Waals surface area contributed by atoms with Crippen LogP contribution < -0.4 is 5.32 Å². The minimum atomic E-state index is 0.103. The predicted molar refractivity (Wildman–Crippen MR) is 91.8 cm³/mol. The minimum Gasteiger partial charge on any atom is -0.342 e. The van der Waals surface area contributed by atoms with E-state index < -0.39 is 0 Å². The van der Waals surface area contributed by atoms with Gasteiger partial charge in [-0.25, -0.2) is 0 Å². The van der Waals surface area contributed by atoms with E-state index in [2.05, 4.69) is 15.5 Å². The average Bonchev–Trinajstić information content (AvgIpc) is 3.10. The van der Waals surface area contributed by atoms with E-state index >= 15 is 0 Å². The summed E-state index contributed by atoms with van der Waals surface area (Å²) in [6.45, 7) is 2.14. The smallest absolute Gasteiger partial charge is 0.231 e. The number of hydrogen-bond donors (Lipinski definition) is 1. The lowest BCUT2D eigenvalue weighted by atomic mass is 9.97. The maximum atomic E-state index is 12.2. The van der Waals surface area contributed by atoms with Gasteiger partial charge in [0.05, 0.1) is 5.92 Å². The Morgan fingerprint density at radius 1 is 1.42 bits per heavy atom. The Hall–Kier alpha value is -1.92. The second-order valence-corrected chi connectivity index (χ2v) is 6.43. The van der Waals surface area contributed by atoms with Crippen molar-refractivity contribution in [1.29, 1.82) is 0 Å². The van der Waals surface area contributed by atoms with Gasteiger partial charge in [-0.05, 0) is 44.2 Å². The number of nitrogens with one attached hydrogen (secondary N) is 1. The van der Waals surface area contributed by atoms with Crippen molar-refractivity contribution in [2.75, 3.05) is 26.7 Å². The Kier molecular flexibility index (Phi) is 5.48. The summed E-state index contributed by atoms with van der Waals surface area (Å²) in [6.07, 6.45) is 2.43. The quantitative estimate of drug-likeness (QED) is 0.899. The summed E-state index contributed by atoms with van der Waals surface area (Å²) in [5.41, 5.74) is 0.868. The molecule has 0 spiro atoms. The summed E-state index contributed by atoms with van der Waals surface area (Å²) in [5, 5.41) is 7.75. The maximum Gasteiger partial charge on any atom is 0.231 e. The summed E-state index contributed by atoms with van der Waals surface area (Å²) < 4.78 is 5.45. The lowest BCUT2D eigenvalue weighted by Crippen LogP contribution is -2.40. The molecule has 1 unspecified atom stereocenters. The molecule has 128 valence electrons. The van der Waals surface area contributed by atoms with E-state index in [-0.39, 0.29) is 11.8 Å². The molecule has 1 saturated heterocycles. The molecule has 2 aromatic rings. The van der Waals surface area contributed by atoms with Gasteiger partial charge in [0.15, 0.2) is 0 Å². The molecular weight excluding hydrogens is 328 g/mol. The fourth-order valence-corrected chi connectivity index (χ4v) is 3.04. The zero-order chi connectivity index (χ0) is 16.9. The second kappa shape index (κ2) is 7.77. The fourth-order valence-electron chi connectivity index (χ4n) is 2.91. The number of piperidine rings is 1. The van der Waals surface area contributed by atoms with Crippen molar-refractivity contribution in [3.63, 3.8) is 0 Å². The van der Waals surface area contributed by atoms with Crippen LogP contribution in [0.3, 0.4) is 0 Å². The molecule has 1 amide bonds. The molecule has 0 radical (unpaired) electrons. The molecule has 7 heteroatoms. The predicted octanol–water partition coefficient (Wildman–Crippen LogP) is 2.71. The van der Waals surface area contributed by atoms with E-state index in [9.17, 15) is 4.79 Å². The molecule has 1 fully saturated rings. The summed E-state index contributed by atoms with van der Waals surface area (Å²) in [7, 11) is 1.85. The number of rotatable bonds is 5. The van der Waals surface area contributed by atoms with E-state index in [0.29, 0.717) is 36.2 Å². The topological polar surface area (TPSA) is 71.3 Å². The van der Waals surface area contributed by atoms with Crippen molar-refractivity contribution in [2.24, 2.45) is 0 Å². The molecule has 2 heterocycles. The number of amides is 1. The van der Waals surface area contributed by atoms with Crippen molar-refractivity contribution >= 4 is 17.5 Å². The van der Waals surface area contributed by atoms with Crippen LogP contribution in [0.5, 0.6) is 0 Å². The Morgan fingerprint density at radius 2 is 2.21 bits per heavy atom. The van der Waals surface area contributed by atoms with Crippen LogP contribution in [-0.4, -0.2) is 47.6 Å². The van der Waals surface area contributed by atoms with Crippen LogP contribution in [0.15, 0.2) is 28.8 Å². The monoisotopic (exact) mass is 348 g/mol. The molecule has 24 heavy (non-hydrogen) atoms. The van der Waals surface area contributed by atoms with Crippen molar-refractivity contribution in [3.8, 4) is 11.4 Å². The third-order valence-electron chi connectivity index (χ3n) is 4.26. The highest BCUT2D eigenvalue weighted by atomic mass is 35.5. The Morgan fingerprint density at radius 3 is 2.96 bits per heavy atom. The lowest BCUT2D eigenvalue weighted by Gasteiger charge is -2.31. The molecule has 6 nitrogen and oxygen atoms in total. The number of carbonyl (C=O) groups is 1. The molecule has 0 aliphatic carbocycles. The first kappa shape index (κ1) is 16.9. The molecule has 0 saturated carbocycles. The SMILES string of the molecule is CNCCC(=O)N1CCCC(c2nc(-c3ccc(Cl)cc3)no2)C1. The van der Waals surface area contributed by atoms with Crippen LogP contribution in [0.25, 0.3) is 11.4 Å². The molecule has 1 aromatic heterocycles. The summed E-state index contributed by atoms with van der Waals surface area (Å²) in [5.74, 6) is 1.43.